The summed E-state index contributed by atoms with van der Waals surface area (Å²) in [4.78, 5) is 13.5. The van der Waals surface area contributed by atoms with Gasteiger partial charge in [0.05, 0.1) is 12.1 Å². The Kier molecular flexibility index (Phi) is 4.08. The Morgan fingerprint density at radius 2 is 2.29 bits per heavy atom. The molecular weight excluding hydrogens is 178 g/mol. The van der Waals surface area contributed by atoms with Gasteiger partial charge in [0.2, 0.25) is 0 Å². The molecule has 0 spiro atoms. The number of ketones is 1. The van der Waals surface area contributed by atoms with Crippen molar-refractivity contribution in [2.45, 2.75) is 38.7 Å². The second-order valence-corrected chi connectivity index (χ2v) is 4.36. The van der Waals surface area contributed by atoms with Crippen LogP contribution in [0.2, 0.25) is 0 Å². The van der Waals surface area contributed by atoms with Crippen molar-refractivity contribution in [3.8, 4) is 0 Å². The maximum atomic E-state index is 11.3. The summed E-state index contributed by atoms with van der Waals surface area (Å²) in [6.45, 7) is 6.55. The molecule has 0 aromatic rings. The number of hydrogen-bond donors (Lipinski definition) is 0. The van der Waals surface area contributed by atoms with Gasteiger partial charge in [-0.1, -0.05) is 6.92 Å². The molecule has 82 valence electrons. The van der Waals surface area contributed by atoms with Gasteiger partial charge in [0.15, 0.2) is 0 Å². The molecule has 14 heavy (non-hydrogen) atoms. The van der Waals surface area contributed by atoms with Gasteiger partial charge in [-0.25, -0.2) is 0 Å². The van der Waals surface area contributed by atoms with Gasteiger partial charge in [-0.05, 0) is 26.3 Å². The van der Waals surface area contributed by atoms with E-state index in [9.17, 15) is 4.79 Å². The third-order valence-electron chi connectivity index (χ3n) is 3.03. The number of carbonyl (C=O) groups is 1. The summed E-state index contributed by atoms with van der Waals surface area (Å²) in [5, 5.41) is 0. The number of nitrogens with zero attached hydrogens (tertiary/aromatic N) is 1. The Bertz CT molecular complexity index is 205. The highest BCUT2D eigenvalue weighted by molar-refractivity contribution is 5.80. The molecule has 1 atom stereocenters. The van der Waals surface area contributed by atoms with Crippen molar-refractivity contribution in [2.75, 3.05) is 26.7 Å². The van der Waals surface area contributed by atoms with Crippen LogP contribution in [-0.2, 0) is 9.53 Å². The minimum absolute atomic E-state index is 0.0493. The molecule has 1 saturated heterocycles. The molecule has 1 rings (SSSR count). The van der Waals surface area contributed by atoms with Crippen molar-refractivity contribution in [3.05, 3.63) is 0 Å². The highest BCUT2D eigenvalue weighted by atomic mass is 16.5. The maximum Gasteiger partial charge on any atom is 0.146 e. The van der Waals surface area contributed by atoms with Crippen molar-refractivity contribution in [1.82, 2.24) is 4.90 Å². The fourth-order valence-corrected chi connectivity index (χ4v) is 1.97. The number of likely N-dealkylation sites (tertiary alicyclic amines) is 1. The van der Waals surface area contributed by atoms with E-state index in [1.54, 1.807) is 7.11 Å². The third-order valence-corrected chi connectivity index (χ3v) is 3.03. The van der Waals surface area contributed by atoms with Crippen LogP contribution in [0.1, 0.15) is 33.1 Å². The van der Waals surface area contributed by atoms with Crippen molar-refractivity contribution in [2.24, 2.45) is 0 Å². The number of rotatable bonds is 4. The second kappa shape index (κ2) is 4.89. The SMILES string of the molecule is CCC(=O)CN1CCCC(C)(OC)C1. The minimum atomic E-state index is -0.0493. The third kappa shape index (κ3) is 3.07. The molecule has 1 aliphatic rings. The van der Waals surface area contributed by atoms with Crippen LogP contribution in [0, 0.1) is 0 Å². The molecule has 0 bridgehead atoms. The fourth-order valence-electron chi connectivity index (χ4n) is 1.97. The average Bonchev–Trinajstić information content (AvgIpc) is 2.18. The first-order valence-electron chi connectivity index (χ1n) is 5.39. The molecular formula is C11H21NO2. The normalized spacial score (nSPS) is 29.1. The Morgan fingerprint density at radius 1 is 1.57 bits per heavy atom. The first-order valence-corrected chi connectivity index (χ1v) is 5.39. The summed E-state index contributed by atoms with van der Waals surface area (Å²) in [6.07, 6.45) is 2.86. The predicted octanol–water partition coefficient (Wildman–Crippen LogP) is 1.47. The van der Waals surface area contributed by atoms with E-state index in [0.29, 0.717) is 18.7 Å². The number of hydrogen-bond acceptors (Lipinski definition) is 3. The molecule has 1 fully saturated rings. The van der Waals surface area contributed by atoms with Crippen LogP contribution in [0.5, 0.6) is 0 Å². The Labute approximate surface area is 86.4 Å². The molecule has 0 saturated carbocycles. The van der Waals surface area contributed by atoms with Gasteiger partial charge < -0.3 is 4.74 Å². The number of Topliss-reactive ketones (excluding diaryl/α,β-unsaturated/α-hetero) is 1. The predicted molar refractivity (Wildman–Crippen MR) is 56.4 cm³/mol. The van der Waals surface area contributed by atoms with Crippen LogP contribution in [-0.4, -0.2) is 43.0 Å². The van der Waals surface area contributed by atoms with Crippen LogP contribution in [0.4, 0.5) is 0 Å². The zero-order valence-electron chi connectivity index (χ0n) is 9.51. The van der Waals surface area contributed by atoms with E-state index in [0.717, 1.165) is 25.9 Å². The molecule has 1 heterocycles. The zero-order chi connectivity index (χ0) is 10.6. The Balaban J connectivity index is 2.44. The van der Waals surface area contributed by atoms with Crippen molar-refractivity contribution < 1.29 is 9.53 Å². The van der Waals surface area contributed by atoms with Gasteiger partial charge in [0, 0.05) is 20.1 Å². The average molecular weight is 199 g/mol. The fraction of sp³-hybridized carbons (Fsp3) is 0.909. The standard InChI is InChI=1S/C11H21NO2/c1-4-10(13)8-12-7-5-6-11(2,9-12)14-3/h4-9H2,1-3H3. The lowest BCUT2D eigenvalue weighted by atomic mass is 9.94. The molecule has 1 unspecified atom stereocenters. The van der Waals surface area contributed by atoms with Crippen LogP contribution < -0.4 is 0 Å². The van der Waals surface area contributed by atoms with Crippen LogP contribution in [0.3, 0.4) is 0 Å². The molecule has 3 heteroatoms. The molecule has 3 nitrogen and oxygen atoms in total. The van der Waals surface area contributed by atoms with Gasteiger partial charge in [0.1, 0.15) is 5.78 Å². The largest absolute Gasteiger partial charge is 0.377 e. The lowest BCUT2D eigenvalue weighted by Crippen LogP contribution is -2.48. The van der Waals surface area contributed by atoms with Crippen LogP contribution in [0.25, 0.3) is 0 Å². The lowest BCUT2D eigenvalue weighted by molar-refractivity contribution is -0.122. The van der Waals surface area contributed by atoms with E-state index in [4.69, 9.17) is 4.74 Å². The van der Waals surface area contributed by atoms with Crippen LogP contribution in [0.15, 0.2) is 0 Å². The highest BCUT2D eigenvalue weighted by Crippen LogP contribution is 2.23. The molecule has 0 N–H and O–H groups in total. The van der Waals surface area contributed by atoms with Gasteiger partial charge in [-0.3, -0.25) is 9.69 Å². The number of ether oxygens (including phenoxy) is 1. The molecule has 1 aliphatic heterocycles. The quantitative estimate of drug-likeness (QED) is 0.686. The van der Waals surface area contributed by atoms with E-state index in [1.807, 2.05) is 6.92 Å². The van der Waals surface area contributed by atoms with E-state index in [2.05, 4.69) is 11.8 Å². The second-order valence-electron chi connectivity index (χ2n) is 4.36. The first kappa shape index (κ1) is 11.7. The molecule has 0 aliphatic carbocycles. The van der Waals surface area contributed by atoms with Gasteiger partial charge in [-0.2, -0.15) is 0 Å². The minimum Gasteiger partial charge on any atom is -0.377 e. The first-order chi connectivity index (χ1) is 6.59. The molecule has 0 amide bonds. The van der Waals surface area contributed by atoms with Crippen molar-refractivity contribution in [1.29, 1.82) is 0 Å². The number of methoxy groups -OCH3 is 1. The summed E-state index contributed by atoms with van der Waals surface area (Å²) in [5.74, 6) is 0.324. The van der Waals surface area contributed by atoms with Crippen LogP contribution >= 0.6 is 0 Å². The molecule has 0 aromatic heterocycles. The number of piperidine rings is 1. The highest BCUT2D eigenvalue weighted by Gasteiger charge is 2.30. The van der Waals surface area contributed by atoms with Gasteiger partial charge in [-0.15, -0.1) is 0 Å². The summed E-state index contributed by atoms with van der Waals surface area (Å²) >= 11 is 0. The van der Waals surface area contributed by atoms with Gasteiger partial charge in [0.25, 0.3) is 0 Å². The topological polar surface area (TPSA) is 29.5 Å². The summed E-state index contributed by atoms with van der Waals surface area (Å²) < 4.78 is 5.47. The molecule has 0 radical (unpaired) electrons. The van der Waals surface area contributed by atoms with Gasteiger partial charge >= 0.3 is 0 Å². The van der Waals surface area contributed by atoms with E-state index in [-0.39, 0.29) is 5.60 Å². The van der Waals surface area contributed by atoms with E-state index < -0.39 is 0 Å². The zero-order valence-corrected chi connectivity index (χ0v) is 9.51. The summed E-state index contributed by atoms with van der Waals surface area (Å²) in [7, 11) is 1.76. The maximum absolute atomic E-state index is 11.3. The Morgan fingerprint density at radius 3 is 2.86 bits per heavy atom. The molecule has 0 aromatic carbocycles. The Hall–Kier alpha value is -0.410. The summed E-state index contributed by atoms with van der Waals surface area (Å²) in [5.41, 5.74) is -0.0493. The monoisotopic (exact) mass is 199 g/mol. The van der Waals surface area contributed by atoms with E-state index >= 15 is 0 Å². The van der Waals surface area contributed by atoms with E-state index in [1.165, 1.54) is 0 Å². The summed E-state index contributed by atoms with van der Waals surface area (Å²) in [6, 6.07) is 0. The van der Waals surface area contributed by atoms with Crippen molar-refractivity contribution >= 4 is 5.78 Å². The number of carbonyl (C=O) groups excluding carboxylic acids is 1. The smallest absolute Gasteiger partial charge is 0.146 e. The lowest BCUT2D eigenvalue weighted by Gasteiger charge is -2.39. The van der Waals surface area contributed by atoms with Crippen molar-refractivity contribution in [3.63, 3.8) is 0 Å².